The lowest BCUT2D eigenvalue weighted by molar-refractivity contribution is -0.0507. The molecular formula is C22H17F2N3O3. The van der Waals surface area contributed by atoms with Crippen molar-refractivity contribution in [3.63, 3.8) is 0 Å². The standard InChI is InChI=1S/C22H17F2N3O3/c23-22(24)30-19-4-2-1-3-14(19)16-10-18(28)21-26-15-7-5-12(9-17(15)27(16)21)13-6-8-20(29)25-11-13/h1-9,11,16,18,22,28H,10H2,(H,25,29)/t16-,18-/m1/s1. The highest BCUT2D eigenvalue weighted by atomic mass is 19.3. The summed E-state index contributed by atoms with van der Waals surface area (Å²) in [5.74, 6) is 0.566. The minimum absolute atomic E-state index is 0.0798. The van der Waals surface area contributed by atoms with Crippen molar-refractivity contribution in [3.05, 3.63) is 82.5 Å². The number of hydrogen-bond acceptors (Lipinski definition) is 4. The molecule has 0 amide bonds. The molecule has 5 rings (SSSR count). The number of nitrogens with zero attached hydrogens (tertiary/aromatic N) is 2. The third-order valence-corrected chi connectivity index (χ3v) is 5.38. The zero-order valence-electron chi connectivity index (χ0n) is 15.6. The van der Waals surface area contributed by atoms with Gasteiger partial charge >= 0.3 is 6.61 Å². The van der Waals surface area contributed by atoms with Crippen LogP contribution < -0.4 is 10.3 Å². The van der Waals surface area contributed by atoms with Crippen LogP contribution >= 0.6 is 0 Å². The number of aliphatic hydroxyl groups excluding tert-OH is 1. The maximum absolute atomic E-state index is 12.9. The first-order valence-electron chi connectivity index (χ1n) is 9.44. The highest BCUT2D eigenvalue weighted by Crippen LogP contribution is 2.44. The van der Waals surface area contributed by atoms with Gasteiger partial charge in [0.2, 0.25) is 5.56 Å². The second-order valence-corrected chi connectivity index (χ2v) is 7.17. The number of pyridine rings is 1. The fourth-order valence-electron chi connectivity index (χ4n) is 4.09. The van der Waals surface area contributed by atoms with Crippen LogP contribution in [0.5, 0.6) is 5.75 Å². The first kappa shape index (κ1) is 18.5. The number of nitrogens with one attached hydrogen (secondary N) is 1. The van der Waals surface area contributed by atoms with Crippen molar-refractivity contribution in [2.75, 3.05) is 0 Å². The molecule has 0 unspecified atom stereocenters. The second-order valence-electron chi connectivity index (χ2n) is 7.17. The summed E-state index contributed by atoms with van der Waals surface area (Å²) in [6.45, 7) is -2.94. The van der Waals surface area contributed by atoms with Crippen LogP contribution in [0.4, 0.5) is 8.78 Å². The maximum atomic E-state index is 12.9. The third kappa shape index (κ3) is 3.05. The number of benzene rings is 2. The average molecular weight is 409 g/mol. The molecule has 152 valence electrons. The van der Waals surface area contributed by atoms with E-state index >= 15 is 0 Å². The molecule has 0 fully saturated rings. The fraction of sp³-hybridized carbons (Fsp3) is 0.182. The van der Waals surface area contributed by atoms with Crippen LogP contribution in [-0.2, 0) is 0 Å². The topological polar surface area (TPSA) is 80.1 Å². The Balaban J connectivity index is 1.66. The van der Waals surface area contributed by atoms with Gasteiger partial charge in [-0.1, -0.05) is 24.3 Å². The van der Waals surface area contributed by atoms with Gasteiger partial charge in [-0.15, -0.1) is 0 Å². The molecule has 8 heteroatoms. The lowest BCUT2D eigenvalue weighted by Crippen LogP contribution is -2.10. The lowest BCUT2D eigenvalue weighted by atomic mass is 10.0. The van der Waals surface area contributed by atoms with Crippen molar-refractivity contribution >= 4 is 11.0 Å². The zero-order valence-corrected chi connectivity index (χ0v) is 15.6. The molecular weight excluding hydrogens is 392 g/mol. The van der Waals surface area contributed by atoms with Crippen molar-refractivity contribution in [2.24, 2.45) is 0 Å². The quantitative estimate of drug-likeness (QED) is 0.534. The lowest BCUT2D eigenvalue weighted by Gasteiger charge is -2.19. The van der Waals surface area contributed by atoms with Crippen molar-refractivity contribution in [3.8, 4) is 16.9 Å². The SMILES string of the molecule is O=c1ccc(-c2ccc3nc4n(c3c2)[C@@H](c2ccccc2OC(F)F)C[C@H]4O)c[nH]1. The molecule has 0 saturated heterocycles. The predicted octanol–water partition coefficient (Wildman–Crippen LogP) is 4.02. The molecule has 4 aromatic rings. The van der Waals surface area contributed by atoms with E-state index in [0.717, 1.165) is 16.6 Å². The van der Waals surface area contributed by atoms with Crippen molar-refractivity contribution < 1.29 is 18.6 Å². The Hall–Kier alpha value is -3.52. The van der Waals surface area contributed by atoms with Crippen LogP contribution in [0.1, 0.15) is 30.0 Å². The van der Waals surface area contributed by atoms with Crippen LogP contribution in [0.15, 0.2) is 65.6 Å². The normalized spacial score (nSPS) is 18.1. The van der Waals surface area contributed by atoms with Crippen molar-refractivity contribution in [2.45, 2.75) is 25.2 Å². The summed E-state index contributed by atoms with van der Waals surface area (Å²) < 4.78 is 32.4. The van der Waals surface area contributed by atoms with E-state index in [1.54, 1.807) is 30.5 Å². The average Bonchev–Trinajstić information content (AvgIpc) is 3.26. The summed E-state index contributed by atoms with van der Waals surface area (Å²) in [5, 5.41) is 10.6. The summed E-state index contributed by atoms with van der Waals surface area (Å²) in [6.07, 6.45) is 1.12. The summed E-state index contributed by atoms with van der Waals surface area (Å²) in [7, 11) is 0. The molecule has 0 spiro atoms. The molecule has 1 aliphatic heterocycles. The summed E-state index contributed by atoms with van der Waals surface area (Å²) >= 11 is 0. The summed E-state index contributed by atoms with van der Waals surface area (Å²) in [4.78, 5) is 18.6. The molecule has 0 saturated carbocycles. The summed E-state index contributed by atoms with van der Waals surface area (Å²) in [6, 6.07) is 15.0. The molecule has 2 aromatic heterocycles. The van der Waals surface area contributed by atoms with Crippen LogP contribution in [0.2, 0.25) is 0 Å². The van der Waals surface area contributed by atoms with Gasteiger partial charge in [-0.05, 0) is 35.4 Å². The Morgan fingerprint density at radius 2 is 1.93 bits per heavy atom. The van der Waals surface area contributed by atoms with E-state index in [9.17, 15) is 18.7 Å². The monoisotopic (exact) mass is 409 g/mol. The fourth-order valence-corrected chi connectivity index (χ4v) is 4.09. The molecule has 6 nitrogen and oxygen atoms in total. The predicted molar refractivity (Wildman–Crippen MR) is 107 cm³/mol. The van der Waals surface area contributed by atoms with Gasteiger partial charge in [0.25, 0.3) is 0 Å². The molecule has 0 radical (unpaired) electrons. The highest BCUT2D eigenvalue weighted by Gasteiger charge is 2.35. The smallest absolute Gasteiger partial charge is 0.387 e. The Labute approximate surface area is 169 Å². The molecule has 30 heavy (non-hydrogen) atoms. The van der Waals surface area contributed by atoms with E-state index in [1.807, 2.05) is 22.8 Å². The number of aromatic nitrogens is 3. The number of aromatic amines is 1. The number of ether oxygens (including phenoxy) is 1. The number of imidazole rings is 1. The van der Waals surface area contributed by atoms with Gasteiger partial charge in [-0.2, -0.15) is 8.78 Å². The number of H-pyrrole nitrogens is 1. The number of hydrogen-bond donors (Lipinski definition) is 2. The van der Waals surface area contributed by atoms with E-state index in [0.29, 0.717) is 23.3 Å². The van der Waals surface area contributed by atoms with E-state index in [2.05, 4.69) is 9.97 Å². The second kappa shape index (κ2) is 7.07. The number of para-hydroxylation sites is 1. The molecule has 2 N–H and O–H groups in total. The first-order chi connectivity index (χ1) is 14.5. The van der Waals surface area contributed by atoms with Crippen LogP contribution in [0.3, 0.4) is 0 Å². The minimum atomic E-state index is -2.94. The molecule has 3 heterocycles. The Bertz CT molecular complexity index is 1280. The van der Waals surface area contributed by atoms with E-state index < -0.39 is 18.8 Å². The van der Waals surface area contributed by atoms with Gasteiger partial charge in [0.05, 0.1) is 17.1 Å². The number of halogens is 2. The van der Waals surface area contributed by atoms with Crippen LogP contribution in [-0.4, -0.2) is 26.3 Å². The minimum Gasteiger partial charge on any atom is -0.434 e. The van der Waals surface area contributed by atoms with Crippen molar-refractivity contribution in [1.82, 2.24) is 14.5 Å². The number of rotatable bonds is 4. The van der Waals surface area contributed by atoms with E-state index in [4.69, 9.17) is 4.74 Å². The first-order valence-corrected chi connectivity index (χ1v) is 9.44. The number of fused-ring (bicyclic) bond motifs is 3. The van der Waals surface area contributed by atoms with Gasteiger partial charge in [-0.3, -0.25) is 4.79 Å². The zero-order chi connectivity index (χ0) is 20.8. The molecule has 1 aliphatic rings. The van der Waals surface area contributed by atoms with Gasteiger partial charge < -0.3 is 19.4 Å². The van der Waals surface area contributed by atoms with Gasteiger partial charge in [-0.25, -0.2) is 4.98 Å². The molecule has 0 aliphatic carbocycles. The molecule has 2 atom stereocenters. The van der Waals surface area contributed by atoms with E-state index in [1.165, 1.54) is 12.1 Å². The van der Waals surface area contributed by atoms with Crippen molar-refractivity contribution in [1.29, 1.82) is 0 Å². The van der Waals surface area contributed by atoms with Gasteiger partial charge in [0.1, 0.15) is 17.7 Å². The maximum Gasteiger partial charge on any atom is 0.387 e. The Kier molecular flexibility index (Phi) is 4.36. The highest BCUT2D eigenvalue weighted by molar-refractivity contribution is 5.83. The van der Waals surface area contributed by atoms with Gasteiger partial charge in [0.15, 0.2) is 0 Å². The Morgan fingerprint density at radius 3 is 2.70 bits per heavy atom. The Morgan fingerprint density at radius 1 is 1.13 bits per heavy atom. The van der Waals surface area contributed by atoms with Crippen LogP contribution in [0.25, 0.3) is 22.2 Å². The van der Waals surface area contributed by atoms with Gasteiger partial charge in [0, 0.05) is 24.2 Å². The summed E-state index contributed by atoms with van der Waals surface area (Å²) in [5.41, 5.74) is 3.51. The van der Waals surface area contributed by atoms with Crippen LogP contribution in [0, 0.1) is 0 Å². The van der Waals surface area contributed by atoms with E-state index in [-0.39, 0.29) is 11.3 Å². The number of alkyl halides is 2. The largest absolute Gasteiger partial charge is 0.434 e. The number of aliphatic hydroxyl groups is 1. The third-order valence-electron chi connectivity index (χ3n) is 5.38. The molecule has 2 aromatic carbocycles. The molecule has 0 bridgehead atoms.